The van der Waals surface area contributed by atoms with Crippen molar-refractivity contribution in [2.24, 2.45) is 5.41 Å². The zero-order valence-electron chi connectivity index (χ0n) is 13.6. The second-order valence-corrected chi connectivity index (χ2v) is 6.48. The fraction of sp³-hybridized carbons (Fsp3) is 0.500. The van der Waals surface area contributed by atoms with Crippen LogP contribution in [-0.4, -0.2) is 29.7 Å². The quantitative estimate of drug-likeness (QED) is 0.647. The van der Waals surface area contributed by atoms with Gasteiger partial charge in [-0.1, -0.05) is 30.3 Å². The molecule has 1 aliphatic rings. The van der Waals surface area contributed by atoms with Gasteiger partial charge in [-0.25, -0.2) is 4.79 Å². The van der Waals surface area contributed by atoms with Crippen molar-refractivity contribution in [3.63, 3.8) is 0 Å². The first-order valence-corrected chi connectivity index (χ1v) is 8.20. The van der Waals surface area contributed by atoms with Crippen molar-refractivity contribution in [2.45, 2.75) is 44.6 Å². The number of hydrogen-bond donors (Lipinski definition) is 3. The van der Waals surface area contributed by atoms with E-state index in [-0.39, 0.29) is 23.9 Å². The van der Waals surface area contributed by atoms with Crippen LogP contribution in [0.15, 0.2) is 30.3 Å². The molecule has 24 heavy (non-hydrogen) atoms. The Morgan fingerprint density at radius 1 is 1.29 bits per heavy atom. The van der Waals surface area contributed by atoms with E-state index in [4.69, 9.17) is 10.4 Å². The summed E-state index contributed by atoms with van der Waals surface area (Å²) in [6.07, 6.45) is 3.36. The lowest BCUT2D eigenvalue weighted by Crippen LogP contribution is -2.45. The van der Waals surface area contributed by atoms with Gasteiger partial charge in [0.1, 0.15) is 0 Å². The van der Waals surface area contributed by atoms with E-state index in [1.54, 1.807) is 0 Å². The first kappa shape index (κ1) is 17.8. The first-order valence-electron chi connectivity index (χ1n) is 8.20. The van der Waals surface area contributed by atoms with E-state index < -0.39 is 5.97 Å². The first-order chi connectivity index (χ1) is 11.5. The number of carboxylic acid groups (broad SMARTS) is 1. The van der Waals surface area contributed by atoms with Gasteiger partial charge in [0.2, 0.25) is 0 Å². The van der Waals surface area contributed by atoms with E-state index in [1.807, 2.05) is 30.3 Å². The summed E-state index contributed by atoms with van der Waals surface area (Å²) in [5.74, 6) is -0.874. The van der Waals surface area contributed by atoms with E-state index in [0.717, 1.165) is 18.4 Å². The summed E-state index contributed by atoms with van der Waals surface area (Å²) in [5.41, 5.74) is 0.999. The van der Waals surface area contributed by atoms with Gasteiger partial charge in [-0.15, -0.1) is 0 Å². The van der Waals surface area contributed by atoms with Crippen molar-refractivity contribution in [2.75, 3.05) is 6.54 Å². The summed E-state index contributed by atoms with van der Waals surface area (Å²) >= 11 is 0. The molecule has 1 fully saturated rings. The Labute approximate surface area is 141 Å². The lowest BCUT2D eigenvalue weighted by molar-refractivity contribution is -0.137. The molecule has 0 aromatic heterocycles. The third-order valence-electron chi connectivity index (χ3n) is 4.40. The van der Waals surface area contributed by atoms with Gasteiger partial charge in [0, 0.05) is 30.8 Å². The fourth-order valence-corrected chi connectivity index (χ4v) is 2.69. The summed E-state index contributed by atoms with van der Waals surface area (Å²) in [5, 5.41) is 23.4. The normalized spacial score (nSPS) is 15.8. The van der Waals surface area contributed by atoms with Crippen LogP contribution in [0.5, 0.6) is 0 Å². The van der Waals surface area contributed by atoms with Crippen molar-refractivity contribution in [3.05, 3.63) is 35.9 Å². The van der Waals surface area contributed by atoms with Gasteiger partial charge >= 0.3 is 12.0 Å². The Hall–Kier alpha value is -2.55. The summed E-state index contributed by atoms with van der Waals surface area (Å²) in [7, 11) is 0. The molecular formula is C18H23N3O3. The van der Waals surface area contributed by atoms with Gasteiger partial charge in [0.05, 0.1) is 6.07 Å². The molecule has 1 unspecified atom stereocenters. The average molecular weight is 329 g/mol. The monoisotopic (exact) mass is 329 g/mol. The molecule has 3 N–H and O–H groups in total. The highest BCUT2D eigenvalue weighted by atomic mass is 16.4. The molecule has 1 aromatic rings. The number of nitrogens with zero attached hydrogens (tertiary/aromatic N) is 1. The zero-order chi connectivity index (χ0) is 17.4. The Bertz CT molecular complexity index is 606. The Morgan fingerprint density at radius 2 is 2.00 bits per heavy atom. The second kappa shape index (κ2) is 8.34. The number of hydrogen-bond acceptors (Lipinski definition) is 3. The number of nitriles is 1. The Balaban J connectivity index is 1.85. The minimum atomic E-state index is -0.874. The van der Waals surface area contributed by atoms with Crippen LogP contribution in [0.4, 0.5) is 4.79 Å². The number of aliphatic carboxylic acids is 1. The zero-order valence-corrected chi connectivity index (χ0v) is 13.6. The van der Waals surface area contributed by atoms with Crippen LogP contribution in [-0.2, 0) is 11.2 Å². The van der Waals surface area contributed by atoms with E-state index in [2.05, 4.69) is 16.7 Å². The maximum absolute atomic E-state index is 12.1. The molecule has 1 aliphatic carbocycles. The van der Waals surface area contributed by atoms with Gasteiger partial charge in [0.25, 0.3) is 0 Å². The maximum atomic E-state index is 12.1. The van der Waals surface area contributed by atoms with Gasteiger partial charge < -0.3 is 15.7 Å². The molecule has 2 rings (SSSR count). The highest BCUT2D eigenvalue weighted by Crippen LogP contribution is 2.47. The lowest BCUT2D eigenvalue weighted by atomic mass is 10.0. The van der Waals surface area contributed by atoms with E-state index >= 15 is 0 Å². The largest absolute Gasteiger partial charge is 0.481 e. The minimum Gasteiger partial charge on any atom is -0.481 e. The molecular weight excluding hydrogens is 306 g/mol. The number of benzene rings is 1. The summed E-state index contributed by atoms with van der Waals surface area (Å²) in [4.78, 5) is 22.9. The predicted molar refractivity (Wildman–Crippen MR) is 89.2 cm³/mol. The van der Waals surface area contributed by atoms with Crippen LogP contribution >= 0.6 is 0 Å². The van der Waals surface area contributed by atoms with Gasteiger partial charge in [0.15, 0.2) is 0 Å². The SMILES string of the molecule is N#CCC1(CNC(=O)NC(CCC(=O)O)Cc2ccccc2)CC1. The highest BCUT2D eigenvalue weighted by molar-refractivity contribution is 5.74. The van der Waals surface area contributed by atoms with Gasteiger partial charge in [-0.2, -0.15) is 5.26 Å². The van der Waals surface area contributed by atoms with Crippen molar-refractivity contribution in [1.29, 1.82) is 5.26 Å². The summed E-state index contributed by atoms with van der Waals surface area (Å²) in [6.45, 7) is 0.489. The predicted octanol–water partition coefficient (Wildman–Crippen LogP) is 2.46. The molecule has 0 aliphatic heterocycles. The van der Waals surface area contributed by atoms with Crippen molar-refractivity contribution in [3.8, 4) is 6.07 Å². The Kier molecular flexibility index (Phi) is 6.19. The molecule has 0 saturated heterocycles. The van der Waals surface area contributed by atoms with E-state index in [9.17, 15) is 9.59 Å². The molecule has 1 atom stereocenters. The topological polar surface area (TPSA) is 102 Å². The van der Waals surface area contributed by atoms with Crippen LogP contribution in [0.3, 0.4) is 0 Å². The third kappa shape index (κ3) is 5.92. The molecule has 1 aromatic carbocycles. The summed E-state index contributed by atoms with van der Waals surface area (Å²) < 4.78 is 0. The van der Waals surface area contributed by atoms with Crippen LogP contribution in [0.2, 0.25) is 0 Å². The standard InChI is InChI=1S/C18H23N3O3/c19-11-10-18(8-9-18)13-20-17(24)21-15(6-7-16(22)23)12-14-4-2-1-3-5-14/h1-5,15H,6-10,12-13H2,(H,22,23)(H2,20,21,24). The second-order valence-electron chi connectivity index (χ2n) is 6.48. The van der Waals surface area contributed by atoms with Crippen LogP contribution in [0, 0.1) is 16.7 Å². The van der Waals surface area contributed by atoms with Crippen molar-refractivity contribution >= 4 is 12.0 Å². The third-order valence-corrected chi connectivity index (χ3v) is 4.40. The molecule has 0 heterocycles. The molecule has 0 spiro atoms. The molecule has 128 valence electrons. The smallest absolute Gasteiger partial charge is 0.315 e. The minimum absolute atomic E-state index is 0.0101. The molecule has 2 amide bonds. The highest BCUT2D eigenvalue weighted by Gasteiger charge is 2.42. The maximum Gasteiger partial charge on any atom is 0.315 e. The van der Waals surface area contributed by atoms with Crippen molar-refractivity contribution in [1.82, 2.24) is 10.6 Å². The average Bonchev–Trinajstić information content (AvgIpc) is 3.32. The fourth-order valence-electron chi connectivity index (χ4n) is 2.69. The number of carboxylic acids is 1. The number of urea groups is 1. The van der Waals surface area contributed by atoms with Gasteiger partial charge in [-0.3, -0.25) is 4.79 Å². The lowest BCUT2D eigenvalue weighted by Gasteiger charge is -2.20. The molecule has 0 radical (unpaired) electrons. The van der Waals surface area contributed by atoms with Crippen molar-refractivity contribution < 1.29 is 14.7 Å². The Morgan fingerprint density at radius 3 is 2.58 bits per heavy atom. The van der Waals surface area contributed by atoms with Crippen LogP contribution in [0.25, 0.3) is 0 Å². The molecule has 6 nitrogen and oxygen atoms in total. The van der Waals surface area contributed by atoms with Gasteiger partial charge in [-0.05, 0) is 31.2 Å². The number of nitrogens with one attached hydrogen (secondary N) is 2. The van der Waals surface area contributed by atoms with Crippen LogP contribution in [0.1, 0.15) is 37.7 Å². The molecule has 1 saturated carbocycles. The number of rotatable bonds is 9. The number of amides is 2. The van der Waals surface area contributed by atoms with E-state index in [1.165, 1.54) is 0 Å². The molecule has 0 bridgehead atoms. The molecule has 6 heteroatoms. The van der Waals surface area contributed by atoms with E-state index in [0.29, 0.717) is 25.8 Å². The number of carbonyl (C=O) groups is 2. The summed E-state index contributed by atoms with van der Waals surface area (Å²) in [6, 6.07) is 11.3. The van der Waals surface area contributed by atoms with Crippen LogP contribution < -0.4 is 10.6 Å². The number of carbonyl (C=O) groups excluding carboxylic acids is 1.